The maximum atomic E-state index is 12.9. The molecular formula is C11H13FN2O. The topological polar surface area (TPSA) is 42.0 Å². The van der Waals surface area contributed by atoms with Crippen LogP contribution in [0, 0.1) is 0 Å². The van der Waals surface area contributed by atoms with Crippen LogP contribution in [0.4, 0.5) is 4.39 Å². The summed E-state index contributed by atoms with van der Waals surface area (Å²) in [5, 5.41) is 2.82. The van der Waals surface area contributed by atoms with Gasteiger partial charge in [-0.2, -0.15) is 0 Å². The first-order valence-corrected chi connectivity index (χ1v) is 5.10. The Balaban J connectivity index is 1.93. The van der Waals surface area contributed by atoms with Gasteiger partial charge in [0.2, 0.25) is 0 Å². The van der Waals surface area contributed by atoms with Gasteiger partial charge in [0.15, 0.2) is 0 Å². The van der Waals surface area contributed by atoms with E-state index in [0.29, 0.717) is 18.4 Å². The lowest BCUT2D eigenvalue weighted by atomic mass is 10.2. The molecule has 1 aliphatic carbocycles. The van der Waals surface area contributed by atoms with Crippen LogP contribution >= 0.6 is 0 Å². The van der Waals surface area contributed by atoms with Gasteiger partial charge in [0.05, 0.1) is 0 Å². The molecule has 1 aliphatic rings. The molecule has 0 bridgehead atoms. The Bertz CT molecular complexity index is 342. The van der Waals surface area contributed by atoms with E-state index in [1.165, 1.54) is 0 Å². The molecule has 0 radical (unpaired) electrons. The van der Waals surface area contributed by atoms with Gasteiger partial charge in [-0.15, -0.1) is 0 Å². The van der Waals surface area contributed by atoms with E-state index in [9.17, 15) is 9.18 Å². The van der Waals surface area contributed by atoms with Crippen molar-refractivity contribution in [3.63, 3.8) is 0 Å². The van der Waals surface area contributed by atoms with E-state index in [1.807, 2.05) is 0 Å². The zero-order chi connectivity index (χ0) is 10.7. The molecule has 1 N–H and O–H groups in total. The average molecular weight is 208 g/mol. The molecule has 0 spiro atoms. The molecule has 0 saturated heterocycles. The van der Waals surface area contributed by atoms with Gasteiger partial charge in [-0.3, -0.25) is 9.78 Å². The van der Waals surface area contributed by atoms with Gasteiger partial charge in [0.1, 0.15) is 6.17 Å². The monoisotopic (exact) mass is 208 g/mol. The summed E-state index contributed by atoms with van der Waals surface area (Å²) in [6, 6.07) is 3.29. The van der Waals surface area contributed by atoms with E-state index in [0.717, 1.165) is 6.42 Å². The highest BCUT2D eigenvalue weighted by Crippen LogP contribution is 2.21. The number of carbonyl (C=O) groups is 1. The quantitative estimate of drug-likeness (QED) is 0.803. The van der Waals surface area contributed by atoms with Gasteiger partial charge in [0.25, 0.3) is 5.91 Å². The van der Waals surface area contributed by atoms with Crippen molar-refractivity contribution in [2.24, 2.45) is 0 Å². The number of carbonyl (C=O) groups excluding carboxylic acids is 1. The molecule has 4 heteroatoms. The molecule has 1 fully saturated rings. The highest BCUT2D eigenvalue weighted by Gasteiger charge is 2.25. The van der Waals surface area contributed by atoms with Crippen LogP contribution in [0.15, 0.2) is 24.5 Å². The number of rotatable bonds is 2. The fourth-order valence-corrected chi connectivity index (χ4v) is 1.83. The first kappa shape index (κ1) is 10.1. The Morgan fingerprint density at radius 3 is 2.73 bits per heavy atom. The van der Waals surface area contributed by atoms with Gasteiger partial charge in [0, 0.05) is 24.0 Å². The number of aromatic nitrogens is 1. The van der Waals surface area contributed by atoms with Crippen molar-refractivity contribution >= 4 is 5.91 Å². The number of amides is 1. The number of hydrogen-bond acceptors (Lipinski definition) is 2. The Kier molecular flexibility index (Phi) is 2.94. The van der Waals surface area contributed by atoms with Crippen molar-refractivity contribution in [2.45, 2.75) is 31.5 Å². The van der Waals surface area contributed by atoms with Gasteiger partial charge in [-0.1, -0.05) is 0 Å². The zero-order valence-corrected chi connectivity index (χ0v) is 8.32. The van der Waals surface area contributed by atoms with Gasteiger partial charge < -0.3 is 5.32 Å². The maximum absolute atomic E-state index is 12.9. The Hall–Kier alpha value is -1.45. The van der Waals surface area contributed by atoms with Crippen molar-refractivity contribution < 1.29 is 9.18 Å². The van der Waals surface area contributed by atoms with Crippen LogP contribution < -0.4 is 5.32 Å². The number of hydrogen-bond donors (Lipinski definition) is 1. The van der Waals surface area contributed by atoms with Crippen molar-refractivity contribution in [2.75, 3.05) is 0 Å². The normalized spacial score (nSPS) is 25.1. The van der Waals surface area contributed by atoms with Crippen LogP contribution in [0.3, 0.4) is 0 Å². The van der Waals surface area contributed by atoms with E-state index in [2.05, 4.69) is 10.3 Å². The summed E-state index contributed by atoms with van der Waals surface area (Å²) in [6.07, 6.45) is 4.12. The Labute approximate surface area is 87.7 Å². The summed E-state index contributed by atoms with van der Waals surface area (Å²) in [5.41, 5.74) is 0.576. The predicted octanol–water partition coefficient (Wildman–Crippen LogP) is 1.70. The van der Waals surface area contributed by atoms with Crippen LogP contribution in [-0.2, 0) is 0 Å². The average Bonchev–Trinajstić information content (AvgIpc) is 2.65. The van der Waals surface area contributed by atoms with E-state index >= 15 is 0 Å². The fourth-order valence-electron chi connectivity index (χ4n) is 1.83. The minimum atomic E-state index is -0.757. The second kappa shape index (κ2) is 4.38. The lowest BCUT2D eigenvalue weighted by molar-refractivity contribution is 0.0936. The molecule has 1 heterocycles. The summed E-state index contributed by atoms with van der Waals surface area (Å²) in [5.74, 6) is -0.142. The molecule has 1 aromatic heterocycles. The third kappa shape index (κ3) is 2.52. The zero-order valence-electron chi connectivity index (χ0n) is 8.32. The minimum absolute atomic E-state index is 0.0133. The summed E-state index contributed by atoms with van der Waals surface area (Å²) in [7, 11) is 0. The Morgan fingerprint density at radius 2 is 2.13 bits per heavy atom. The molecule has 0 aliphatic heterocycles. The molecule has 2 atom stereocenters. The van der Waals surface area contributed by atoms with Crippen molar-refractivity contribution in [1.82, 2.24) is 10.3 Å². The van der Waals surface area contributed by atoms with Crippen molar-refractivity contribution in [3.8, 4) is 0 Å². The highest BCUT2D eigenvalue weighted by molar-refractivity contribution is 5.94. The third-order valence-electron chi connectivity index (χ3n) is 2.65. The fraction of sp³-hybridized carbons (Fsp3) is 0.455. The van der Waals surface area contributed by atoms with Gasteiger partial charge in [-0.05, 0) is 31.4 Å². The third-order valence-corrected chi connectivity index (χ3v) is 2.65. The van der Waals surface area contributed by atoms with Crippen LogP contribution in [0.5, 0.6) is 0 Å². The van der Waals surface area contributed by atoms with Gasteiger partial charge >= 0.3 is 0 Å². The van der Waals surface area contributed by atoms with Crippen LogP contribution in [-0.4, -0.2) is 23.1 Å². The number of nitrogens with one attached hydrogen (secondary N) is 1. The molecule has 1 aromatic rings. The standard InChI is InChI=1S/C11H13FN2O/c12-9-1-2-10(7-9)14-11(15)8-3-5-13-6-4-8/h3-6,9-10H,1-2,7H2,(H,14,15)/t9-,10-/m0/s1. The van der Waals surface area contributed by atoms with Gasteiger partial charge in [-0.25, -0.2) is 4.39 Å². The van der Waals surface area contributed by atoms with E-state index in [1.54, 1.807) is 24.5 Å². The maximum Gasteiger partial charge on any atom is 0.251 e. The first-order chi connectivity index (χ1) is 7.25. The molecule has 3 nitrogen and oxygen atoms in total. The summed E-state index contributed by atoms with van der Waals surface area (Å²) in [4.78, 5) is 15.5. The van der Waals surface area contributed by atoms with E-state index in [4.69, 9.17) is 0 Å². The number of nitrogens with zero attached hydrogens (tertiary/aromatic N) is 1. The van der Waals surface area contributed by atoms with E-state index < -0.39 is 6.17 Å². The molecule has 2 rings (SSSR count). The SMILES string of the molecule is O=C(N[C@H]1CC[C@H](F)C1)c1ccncc1. The molecule has 0 aromatic carbocycles. The predicted molar refractivity (Wildman–Crippen MR) is 54.2 cm³/mol. The van der Waals surface area contributed by atoms with E-state index in [-0.39, 0.29) is 11.9 Å². The molecule has 80 valence electrons. The number of halogens is 1. The lowest BCUT2D eigenvalue weighted by Gasteiger charge is -2.11. The molecule has 0 unspecified atom stereocenters. The number of pyridine rings is 1. The van der Waals surface area contributed by atoms with Crippen molar-refractivity contribution in [3.05, 3.63) is 30.1 Å². The molecule has 15 heavy (non-hydrogen) atoms. The molecular weight excluding hydrogens is 195 g/mol. The first-order valence-electron chi connectivity index (χ1n) is 5.10. The summed E-state index contributed by atoms with van der Waals surface area (Å²) < 4.78 is 12.9. The second-order valence-corrected chi connectivity index (χ2v) is 3.82. The lowest BCUT2D eigenvalue weighted by Crippen LogP contribution is -2.33. The van der Waals surface area contributed by atoms with Crippen molar-refractivity contribution in [1.29, 1.82) is 0 Å². The van der Waals surface area contributed by atoms with Crippen LogP contribution in [0.2, 0.25) is 0 Å². The summed E-state index contributed by atoms with van der Waals surface area (Å²) >= 11 is 0. The molecule has 1 amide bonds. The largest absolute Gasteiger partial charge is 0.349 e. The minimum Gasteiger partial charge on any atom is -0.349 e. The van der Waals surface area contributed by atoms with Crippen LogP contribution in [0.1, 0.15) is 29.6 Å². The summed E-state index contributed by atoms with van der Waals surface area (Å²) in [6.45, 7) is 0. The highest BCUT2D eigenvalue weighted by atomic mass is 19.1. The molecule has 1 saturated carbocycles. The second-order valence-electron chi connectivity index (χ2n) is 3.82. The van der Waals surface area contributed by atoms with Crippen LogP contribution in [0.25, 0.3) is 0 Å². The Morgan fingerprint density at radius 1 is 1.40 bits per heavy atom. The smallest absolute Gasteiger partial charge is 0.251 e. The number of alkyl halides is 1.